The van der Waals surface area contributed by atoms with Gasteiger partial charge in [0.1, 0.15) is 0 Å². The van der Waals surface area contributed by atoms with Crippen LogP contribution >= 0.6 is 0 Å². The topological polar surface area (TPSA) is 12.4 Å². The van der Waals surface area contributed by atoms with Gasteiger partial charge < -0.3 is 0 Å². The molecule has 1 aromatic carbocycles. The highest BCUT2D eigenvalue weighted by molar-refractivity contribution is 5.84. The maximum absolute atomic E-state index is 4.33. The monoisotopic (exact) mass is 146 g/mol. The molecule has 0 heterocycles. The molecule has 0 saturated carbocycles. The SMILES string of the molecule is [CH2]CC(C)=Nc1ccccc1. The first-order valence-electron chi connectivity index (χ1n) is 3.71. The predicted octanol–water partition coefficient (Wildman–Crippen LogP) is 3.00. The van der Waals surface area contributed by atoms with Crippen LogP contribution in [0.3, 0.4) is 0 Å². The van der Waals surface area contributed by atoms with Gasteiger partial charge in [0.05, 0.1) is 5.69 Å². The van der Waals surface area contributed by atoms with E-state index in [1.807, 2.05) is 37.3 Å². The lowest BCUT2D eigenvalue weighted by Crippen LogP contribution is -1.84. The number of benzene rings is 1. The third kappa shape index (κ3) is 2.54. The van der Waals surface area contributed by atoms with Crippen molar-refractivity contribution in [3.8, 4) is 0 Å². The molecule has 0 aliphatic rings. The number of aliphatic imine (C=N–C) groups is 1. The second kappa shape index (κ2) is 3.91. The molecule has 11 heavy (non-hydrogen) atoms. The second-order valence-electron chi connectivity index (χ2n) is 2.43. The van der Waals surface area contributed by atoms with Gasteiger partial charge in [-0.05, 0) is 32.4 Å². The van der Waals surface area contributed by atoms with E-state index in [1.54, 1.807) is 0 Å². The molecular formula is C10H12N. The molecule has 1 nitrogen and oxygen atoms in total. The van der Waals surface area contributed by atoms with Gasteiger partial charge in [0.15, 0.2) is 0 Å². The summed E-state index contributed by atoms with van der Waals surface area (Å²) in [4.78, 5) is 4.33. The van der Waals surface area contributed by atoms with Crippen LogP contribution in [0.2, 0.25) is 0 Å². The Hall–Kier alpha value is -1.11. The maximum Gasteiger partial charge on any atom is 0.0628 e. The lowest BCUT2D eigenvalue weighted by Gasteiger charge is -1.94. The van der Waals surface area contributed by atoms with Crippen molar-refractivity contribution < 1.29 is 0 Å². The van der Waals surface area contributed by atoms with Gasteiger partial charge in [-0.3, -0.25) is 4.99 Å². The van der Waals surface area contributed by atoms with E-state index in [0.29, 0.717) is 0 Å². The zero-order valence-electron chi connectivity index (χ0n) is 6.75. The van der Waals surface area contributed by atoms with Crippen molar-refractivity contribution in [3.63, 3.8) is 0 Å². The third-order valence-electron chi connectivity index (χ3n) is 1.44. The highest BCUT2D eigenvalue weighted by Crippen LogP contribution is 2.10. The Labute approximate surface area is 67.8 Å². The number of hydrogen-bond donors (Lipinski definition) is 0. The van der Waals surface area contributed by atoms with E-state index < -0.39 is 0 Å². The molecule has 0 unspecified atom stereocenters. The molecule has 1 heteroatoms. The quantitative estimate of drug-likeness (QED) is 0.569. The van der Waals surface area contributed by atoms with E-state index in [1.165, 1.54) is 0 Å². The Bertz CT molecular complexity index is 236. The fourth-order valence-corrected chi connectivity index (χ4v) is 0.779. The third-order valence-corrected chi connectivity index (χ3v) is 1.44. The van der Waals surface area contributed by atoms with Crippen LogP contribution in [0.15, 0.2) is 35.3 Å². The summed E-state index contributed by atoms with van der Waals surface area (Å²) in [6, 6.07) is 9.92. The highest BCUT2D eigenvalue weighted by Gasteiger charge is 1.86. The van der Waals surface area contributed by atoms with E-state index in [9.17, 15) is 0 Å². The van der Waals surface area contributed by atoms with Crippen LogP contribution in [0.1, 0.15) is 13.3 Å². The second-order valence-corrected chi connectivity index (χ2v) is 2.43. The molecule has 0 amide bonds. The van der Waals surface area contributed by atoms with Crippen LogP contribution in [0, 0.1) is 6.92 Å². The molecule has 0 spiro atoms. The van der Waals surface area contributed by atoms with Crippen LogP contribution in [0.5, 0.6) is 0 Å². The molecule has 0 atom stereocenters. The first kappa shape index (κ1) is 7.99. The minimum atomic E-state index is 0.773. The molecule has 57 valence electrons. The van der Waals surface area contributed by atoms with Gasteiger partial charge in [-0.25, -0.2) is 0 Å². The number of rotatable bonds is 2. The standard InChI is InChI=1S/C10H12N/c1-3-9(2)11-10-7-5-4-6-8-10/h4-8H,1,3H2,2H3. The van der Waals surface area contributed by atoms with Gasteiger partial charge in [-0.1, -0.05) is 18.2 Å². The maximum atomic E-state index is 4.33. The van der Waals surface area contributed by atoms with E-state index in [4.69, 9.17) is 0 Å². The van der Waals surface area contributed by atoms with Crippen molar-refractivity contribution in [2.75, 3.05) is 0 Å². The molecule has 0 bridgehead atoms. The van der Waals surface area contributed by atoms with Crippen molar-refractivity contribution in [2.24, 2.45) is 4.99 Å². The van der Waals surface area contributed by atoms with Crippen molar-refractivity contribution in [2.45, 2.75) is 13.3 Å². The summed E-state index contributed by atoms with van der Waals surface area (Å²) in [6.45, 7) is 5.74. The number of para-hydroxylation sites is 1. The average Bonchev–Trinajstić information content (AvgIpc) is 2.06. The van der Waals surface area contributed by atoms with E-state index in [2.05, 4.69) is 11.9 Å². The van der Waals surface area contributed by atoms with Crippen LogP contribution in [0.4, 0.5) is 5.69 Å². The summed E-state index contributed by atoms with van der Waals surface area (Å²) in [6.07, 6.45) is 0.773. The minimum absolute atomic E-state index is 0.773. The van der Waals surface area contributed by atoms with Crippen LogP contribution in [-0.2, 0) is 0 Å². The molecule has 0 saturated heterocycles. The van der Waals surface area contributed by atoms with E-state index in [-0.39, 0.29) is 0 Å². The Morgan fingerprint density at radius 1 is 1.36 bits per heavy atom. The van der Waals surface area contributed by atoms with Gasteiger partial charge >= 0.3 is 0 Å². The summed E-state index contributed by atoms with van der Waals surface area (Å²) in [5.41, 5.74) is 2.07. The van der Waals surface area contributed by atoms with Crippen LogP contribution in [0.25, 0.3) is 0 Å². The molecule has 1 rings (SSSR count). The average molecular weight is 146 g/mol. The zero-order chi connectivity index (χ0) is 8.10. The summed E-state index contributed by atoms with van der Waals surface area (Å²) in [5, 5.41) is 0. The van der Waals surface area contributed by atoms with Gasteiger partial charge in [0.2, 0.25) is 0 Å². The van der Waals surface area contributed by atoms with Gasteiger partial charge in [-0.15, -0.1) is 0 Å². The number of nitrogens with zero attached hydrogens (tertiary/aromatic N) is 1. The summed E-state index contributed by atoms with van der Waals surface area (Å²) >= 11 is 0. The van der Waals surface area contributed by atoms with Gasteiger partial charge in [0, 0.05) is 5.71 Å². The summed E-state index contributed by atoms with van der Waals surface area (Å²) in [5.74, 6) is 0. The lowest BCUT2D eigenvalue weighted by molar-refractivity contribution is 1.38. The van der Waals surface area contributed by atoms with E-state index in [0.717, 1.165) is 17.8 Å². The first-order chi connectivity index (χ1) is 5.33. The zero-order valence-corrected chi connectivity index (χ0v) is 6.75. The Morgan fingerprint density at radius 2 is 2.00 bits per heavy atom. The molecule has 1 radical (unpaired) electrons. The lowest BCUT2D eigenvalue weighted by atomic mass is 10.3. The van der Waals surface area contributed by atoms with Crippen LogP contribution in [-0.4, -0.2) is 5.71 Å². The molecule has 0 fully saturated rings. The fraction of sp³-hybridized carbons (Fsp3) is 0.200. The number of hydrogen-bond acceptors (Lipinski definition) is 1. The van der Waals surface area contributed by atoms with Gasteiger partial charge in [0.25, 0.3) is 0 Å². The van der Waals surface area contributed by atoms with Crippen LogP contribution < -0.4 is 0 Å². The molecule has 0 aromatic heterocycles. The fourth-order valence-electron chi connectivity index (χ4n) is 0.779. The molecule has 0 aliphatic heterocycles. The molecule has 0 aliphatic carbocycles. The highest BCUT2D eigenvalue weighted by atomic mass is 14.7. The molecule has 1 aromatic rings. The molecular weight excluding hydrogens is 134 g/mol. The van der Waals surface area contributed by atoms with Crippen molar-refractivity contribution >= 4 is 11.4 Å². The van der Waals surface area contributed by atoms with Gasteiger partial charge in [-0.2, -0.15) is 0 Å². The predicted molar refractivity (Wildman–Crippen MR) is 49.2 cm³/mol. The molecule has 0 N–H and O–H groups in total. The van der Waals surface area contributed by atoms with Crippen molar-refractivity contribution in [1.82, 2.24) is 0 Å². The first-order valence-corrected chi connectivity index (χ1v) is 3.71. The largest absolute Gasteiger partial charge is 0.258 e. The van der Waals surface area contributed by atoms with E-state index >= 15 is 0 Å². The summed E-state index contributed by atoms with van der Waals surface area (Å²) in [7, 11) is 0. The van der Waals surface area contributed by atoms with Crippen molar-refractivity contribution in [1.29, 1.82) is 0 Å². The Balaban J connectivity index is 2.79. The van der Waals surface area contributed by atoms with Crippen molar-refractivity contribution in [3.05, 3.63) is 37.3 Å². The Morgan fingerprint density at radius 3 is 2.55 bits per heavy atom. The summed E-state index contributed by atoms with van der Waals surface area (Å²) < 4.78 is 0. The normalized spacial score (nSPS) is 11.6. The minimum Gasteiger partial charge on any atom is -0.258 e. The smallest absolute Gasteiger partial charge is 0.0628 e. The Kier molecular flexibility index (Phi) is 2.84.